The first kappa shape index (κ1) is 25.8. The fourth-order valence-corrected chi connectivity index (χ4v) is 8.32. The molecular formula is C22H39N3O5S2. The van der Waals surface area contributed by atoms with Crippen LogP contribution in [0.25, 0.3) is 0 Å². The predicted molar refractivity (Wildman–Crippen MR) is 127 cm³/mol. The predicted octanol–water partition coefficient (Wildman–Crippen LogP) is 0.788. The molecule has 8 nitrogen and oxygen atoms in total. The third kappa shape index (κ3) is 6.61. The Morgan fingerprint density at radius 1 is 1.22 bits per heavy atom. The van der Waals surface area contributed by atoms with Crippen LogP contribution in [0.2, 0.25) is 0 Å². The van der Waals surface area contributed by atoms with Crippen LogP contribution in [0, 0.1) is 11.8 Å². The van der Waals surface area contributed by atoms with Gasteiger partial charge in [0.1, 0.15) is 0 Å². The lowest BCUT2D eigenvalue weighted by molar-refractivity contribution is -0.131. The summed E-state index contributed by atoms with van der Waals surface area (Å²) in [7, 11) is -3.14. The summed E-state index contributed by atoms with van der Waals surface area (Å²) >= 11 is 1.94. The number of carbonyl (C=O) groups is 2. The second-order valence-electron chi connectivity index (χ2n) is 10.6. The number of β-amino-alcohol motifs (C(OH)–C–C–N with tert-alkyl or cyclic N) is 1. The van der Waals surface area contributed by atoms with Gasteiger partial charge in [-0.3, -0.25) is 14.5 Å². The number of fused-ring (bicyclic) bond motifs is 1. The van der Waals surface area contributed by atoms with Gasteiger partial charge in [-0.1, -0.05) is 6.92 Å². The second-order valence-corrected chi connectivity index (χ2v) is 14.2. The number of aliphatic hydroxyl groups excluding tert-OH is 1. The van der Waals surface area contributed by atoms with E-state index in [1.807, 2.05) is 39.5 Å². The van der Waals surface area contributed by atoms with Gasteiger partial charge in [0.05, 0.1) is 35.6 Å². The molecule has 3 aliphatic heterocycles. The first-order chi connectivity index (χ1) is 14.9. The molecule has 10 heteroatoms. The number of rotatable bonds is 7. The Labute approximate surface area is 196 Å². The molecule has 3 N–H and O–H groups in total. The molecule has 3 saturated heterocycles. The van der Waals surface area contributed by atoms with E-state index in [-0.39, 0.29) is 34.9 Å². The molecule has 32 heavy (non-hydrogen) atoms. The summed E-state index contributed by atoms with van der Waals surface area (Å²) in [5.41, 5.74) is -0.331. The lowest BCUT2D eigenvalue weighted by Crippen LogP contribution is -2.60. The van der Waals surface area contributed by atoms with E-state index in [9.17, 15) is 23.1 Å². The SMILES string of the molecule is CCC(NC(=O)C1CCS(=O)(=O)C1)C(O)CN1CC2CCSC2CC1C(=O)NC(C)(C)C. The van der Waals surface area contributed by atoms with Gasteiger partial charge in [0.2, 0.25) is 11.8 Å². The number of hydrogen-bond acceptors (Lipinski definition) is 7. The quantitative estimate of drug-likeness (QED) is 0.484. The Hall–Kier alpha value is -0.840. The minimum Gasteiger partial charge on any atom is -0.390 e. The van der Waals surface area contributed by atoms with Gasteiger partial charge in [-0.2, -0.15) is 11.8 Å². The van der Waals surface area contributed by atoms with Crippen molar-refractivity contribution in [3.05, 3.63) is 0 Å². The first-order valence-electron chi connectivity index (χ1n) is 11.7. The lowest BCUT2D eigenvalue weighted by Gasteiger charge is -2.43. The molecule has 0 aliphatic carbocycles. The molecule has 6 atom stereocenters. The number of amides is 2. The number of hydrogen-bond donors (Lipinski definition) is 3. The maximum Gasteiger partial charge on any atom is 0.237 e. The van der Waals surface area contributed by atoms with Crippen LogP contribution in [0.4, 0.5) is 0 Å². The van der Waals surface area contributed by atoms with Gasteiger partial charge < -0.3 is 15.7 Å². The third-order valence-corrected chi connectivity index (χ3v) is 10.0. The maximum absolute atomic E-state index is 13.1. The number of thioether (sulfide) groups is 1. The summed E-state index contributed by atoms with van der Waals surface area (Å²) in [4.78, 5) is 27.8. The Morgan fingerprint density at radius 3 is 2.53 bits per heavy atom. The number of nitrogens with one attached hydrogen (secondary N) is 2. The van der Waals surface area contributed by atoms with E-state index in [1.54, 1.807) is 0 Å². The zero-order valence-corrected chi connectivity index (χ0v) is 21.3. The fraction of sp³-hybridized carbons (Fsp3) is 0.909. The van der Waals surface area contributed by atoms with E-state index in [4.69, 9.17) is 0 Å². The Morgan fingerprint density at radius 2 is 1.94 bits per heavy atom. The molecule has 3 heterocycles. The number of piperidine rings is 1. The van der Waals surface area contributed by atoms with Gasteiger partial charge in [-0.05, 0) is 58.1 Å². The van der Waals surface area contributed by atoms with Crippen LogP contribution in [0.3, 0.4) is 0 Å². The van der Waals surface area contributed by atoms with Gasteiger partial charge in [-0.25, -0.2) is 8.42 Å². The van der Waals surface area contributed by atoms with Gasteiger partial charge >= 0.3 is 0 Å². The molecule has 0 aromatic rings. The standard InChI is InChI=1S/C22H39N3O5S2/c1-5-16(23-20(27)15-7-9-32(29,30)13-15)18(26)12-25-11-14-6-8-31-19(14)10-17(25)21(28)24-22(2,3)4/h14-19,26H,5-13H2,1-4H3,(H,23,27)(H,24,28). The van der Waals surface area contributed by atoms with Crippen LogP contribution in [0.5, 0.6) is 0 Å². The summed E-state index contributed by atoms with van der Waals surface area (Å²) in [6.07, 6.45) is 1.92. The molecule has 0 saturated carbocycles. The minimum atomic E-state index is -3.14. The van der Waals surface area contributed by atoms with Gasteiger partial charge in [0.15, 0.2) is 9.84 Å². The molecule has 2 amide bonds. The van der Waals surface area contributed by atoms with Crippen molar-refractivity contribution in [2.45, 2.75) is 82.4 Å². The fourth-order valence-electron chi connectivity index (χ4n) is 5.03. The third-order valence-electron chi connectivity index (χ3n) is 6.77. The Balaban J connectivity index is 1.65. The molecule has 3 rings (SSSR count). The highest BCUT2D eigenvalue weighted by molar-refractivity contribution is 8.00. The van der Waals surface area contributed by atoms with Gasteiger partial charge in [-0.15, -0.1) is 0 Å². The highest BCUT2D eigenvalue weighted by Crippen LogP contribution is 2.40. The normalized spacial score (nSPS) is 32.2. The zero-order chi connectivity index (χ0) is 23.7. The second kappa shape index (κ2) is 10.2. The molecule has 0 aromatic heterocycles. The number of aliphatic hydroxyl groups is 1. The van der Waals surface area contributed by atoms with Crippen molar-refractivity contribution in [2.24, 2.45) is 11.8 Å². The zero-order valence-electron chi connectivity index (χ0n) is 19.7. The van der Waals surface area contributed by atoms with Crippen molar-refractivity contribution in [1.82, 2.24) is 15.5 Å². The molecule has 0 aromatic carbocycles. The molecule has 0 spiro atoms. The van der Waals surface area contributed by atoms with E-state index in [2.05, 4.69) is 15.5 Å². The molecule has 184 valence electrons. The van der Waals surface area contributed by atoms with E-state index in [0.717, 1.165) is 25.1 Å². The van der Waals surface area contributed by atoms with Crippen molar-refractivity contribution < 1.29 is 23.1 Å². The average molecular weight is 490 g/mol. The number of sulfone groups is 1. The van der Waals surface area contributed by atoms with E-state index in [0.29, 0.717) is 30.6 Å². The molecule has 0 radical (unpaired) electrons. The molecule has 3 fully saturated rings. The monoisotopic (exact) mass is 489 g/mol. The van der Waals surface area contributed by atoms with Crippen LogP contribution < -0.4 is 10.6 Å². The van der Waals surface area contributed by atoms with Crippen molar-refractivity contribution in [2.75, 3.05) is 30.3 Å². The van der Waals surface area contributed by atoms with E-state index >= 15 is 0 Å². The van der Waals surface area contributed by atoms with Crippen molar-refractivity contribution in [3.63, 3.8) is 0 Å². The highest BCUT2D eigenvalue weighted by atomic mass is 32.2. The smallest absolute Gasteiger partial charge is 0.237 e. The van der Waals surface area contributed by atoms with Crippen LogP contribution in [0.15, 0.2) is 0 Å². The van der Waals surface area contributed by atoms with E-state index in [1.165, 1.54) is 0 Å². The van der Waals surface area contributed by atoms with E-state index < -0.39 is 27.9 Å². The number of carbonyl (C=O) groups excluding carboxylic acids is 2. The van der Waals surface area contributed by atoms with Crippen LogP contribution in [-0.2, 0) is 19.4 Å². The molecular weight excluding hydrogens is 450 g/mol. The summed E-state index contributed by atoms with van der Waals surface area (Å²) in [6, 6.07) is -0.781. The topological polar surface area (TPSA) is 116 Å². The van der Waals surface area contributed by atoms with Crippen molar-refractivity contribution in [1.29, 1.82) is 0 Å². The molecule has 6 unspecified atom stereocenters. The highest BCUT2D eigenvalue weighted by Gasteiger charge is 2.43. The molecule has 0 bridgehead atoms. The summed E-state index contributed by atoms with van der Waals surface area (Å²) in [6.45, 7) is 8.85. The Kier molecular flexibility index (Phi) is 8.21. The van der Waals surface area contributed by atoms with Gasteiger partial charge in [0, 0.05) is 23.9 Å². The van der Waals surface area contributed by atoms with Crippen molar-refractivity contribution in [3.8, 4) is 0 Å². The number of nitrogens with zero attached hydrogens (tertiary/aromatic N) is 1. The Bertz CT molecular complexity index is 798. The summed E-state index contributed by atoms with van der Waals surface area (Å²) in [5, 5.41) is 17.5. The lowest BCUT2D eigenvalue weighted by atomic mass is 9.89. The van der Waals surface area contributed by atoms with Crippen molar-refractivity contribution >= 4 is 33.4 Å². The molecule has 3 aliphatic rings. The number of likely N-dealkylation sites (tertiary alicyclic amines) is 1. The summed E-state index contributed by atoms with van der Waals surface area (Å²) < 4.78 is 23.4. The largest absolute Gasteiger partial charge is 0.390 e. The van der Waals surface area contributed by atoms with Crippen LogP contribution in [-0.4, -0.2) is 89.6 Å². The average Bonchev–Trinajstić information content (AvgIpc) is 3.29. The minimum absolute atomic E-state index is 0.0103. The maximum atomic E-state index is 13.1. The first-order valence-corrected chi connectivity index (χ1v) is 14.6. The van der Waals surface area contributed by atoms with Crippen LogP contribution >= 0.6 is 11.8 Å². The van der Waals surface area contributed by atoms with Gasteiger partial charge in [0.25, 0.3) is 0 Å². The van der Waals surface area contributed by atoms with Crippen LogP contribution in [0.1, 0.15) is 53.4 Å². The summed E-state index contributed by atoms with van der Waals surface area (Å²) in [5.74, 6) is 0.698.